The molecule has 3 N–H and O–H groups in total. The van der Waals surface area contributed by atoms with Gasteiger partial charge >= 0.3 is 6.18 Å². The van der Waals surface area contributed by atoms with Gasteiger partial charge in [-0.2, -0.15) is 13.2 Å². The molecule has 0 radical (unpaired) electrons. The number of carbonyl (C=O) groups is 2. The van der Waals surface area contributed by atoms with Crippen molar-refractivity contribution in [1.29, 1.82) is 0 Å². The van der Waals surface area contributed by atoms with Gasteiger partial charge < -0.3 is 25.1 Å². The molecule has 0 aliphatic carbocycles. The minimum absolute atomic E-state index is 0.00651. The molecular weight excluding hydrogens is 524 g/mol. The molecule has 2 aromatic carbocycles. The lowest BCUT2D eigenvalue weighted by molar-refractivity contribution is -0.270. The number of ketones is 1. The van der Waals surface area contributed by atoms with Crippen LogP contribution in [0.15, 0.2) is 48.5 Å². The molecule has 0 aliphatic heterocycles. The number of hydrogen-bond donors (Lipinski definition) is 2. The average Bonchev–Trinajstić information content (AvgIpc) is 2.90. The van der Waals surface area contributed by atoms with Gasteiger partial charge in [0.2, 0.25) is 5.60 Å². The third kappa shape index (κ3) is 6.45. The summed E-state index contributed by atoms with van der Waals surface area (Å²) in [4.78, 5) is 27.8. The van der Waals surface area contributed by atoms with Gasteiger partial charge in [0.15, 0.2) is 23.9 Å². The first-order valence-corrected chi connectivity index (χ1v) is 11.5. The summed E-state index contributed by atoms with van der Waals surface area (Å²) in [5, 5.41) is 10.9. The van der Waals surface area contributed by atoms with Crippen LogP contribution in [-0.2, 0) is 10.4 Å². The number of rotatable bonds is 11. The van der Waals surface area contributed by atoms with E-state index >= 15 is 0 Å². The zero-order valence-electron chi connectivity index (χ0n) is 21.3. The maximum atomic E-state index is 14.2. The molecule has 0 aliphatic rings. The zero-order valence-corrected chi connectivity index (χ0v) is 21.3. The van der Waals surface area contributed by atoms with Gasteiger partial charge in [-0.05, 0) is 67.4 Å². The fourth-order valence-corrected chi connectivity index (χ4v) is 3.80. The molecule has 0 unspecified atom stereocenters. The number of Topliss-reactive ketones (excluding diaryl/α,β-unsaturated/α-hetero) is 1. The highest BCUT2D eigenvalue weighted by atomic mass is 19.4. The standard InChI is InChI=1S/C27H26F4N2O6/c1-15-12-17(4-6-18(15)28)25-21(37-2)8-9-23(33-25)26(36,27(29,30)31)11-10-19(34)16-5-7-20(22(13-16)38-3)39-14-24(32)35/h4-9,12-13,36H,10-11,14H2,1-3H3,(H2,32,35)/t26-/m0/s1. The molecule has 12 heteroatoms. The molecule has 0 fully saturated rings. The summed E-state index contributed by atoms with van der Waals surface area (Å²) in [6, 6.07) is 9.88. The van der Waals surface area contributed by atoms with E-state index in [-0.39, 0.29) is 39.6 Å². The molecule has 3 rings (SSSR count). The minimum atomic E-state index is -5.20. The topological polar surface area (TPSA) is 121 Å². The smallest absolute Gasteiger partial charge is 0.422 e. The SMILES string of the molecule is COc1cc(C(=O)CC[C@](O)(c2ccc(OC)c(-c3ccc(F)c(C)c3)n2)C(F)(F)F)ccc1OCC(N)=O. The third-order valence-electron chi connectivity index (χ3n) is 5.97. The molecule has 39 heavy (non-hydrogen) atoms. The van der Waals surface area contributed by atoms with Crippen molar-refractivity contribution in [3.05, 3.63) is 71.2 Å². The van der Waals surface area contributed by atoms with Crippen molar-refractivity contribution in [1.82, 2.24) is 4.98 Å². The highest BCUT2D eigenvalue weighted by Crippen LogP contribution is 2.44. The van der Waals surface area contributed by atoms with Gasteiger partial charge in [-0.25, -0.2) is 9.37 Å². The number of nitrogens with two attached hydrogens (primary N) is 1. The lowest BCUT2D eigenvalue weighted by Gasteiger charge is -2.30. The first-order chi connectivity index (χ1) is 18.3. The van der Waals surface area contributed by atoms with E-state index in [9.17, 15) is 32.3 Å². The van der Waals surface area contributed by atoms with Gasteiger partial charge in [-0.1, -0.05) is 0 Å². The predicted octanol–water partition coefficient (Wildman–Crippen LogP) is 4.49. The number of primary amides is 1. The zero-order chi connectivity index (χ0) is 29.0. The van der Waals surface area contributed by atoms with Gasteiger partial charge in [-0.3, -0.25) is 9.59 Å². The van der Waals surface area contributed by atoms with Crippen molar-refractivity contribution < 1.29 is 46.5 Å². The van der Waals surface area contributed by atoms with E-state index in [4.69, 9.17) is 19.9 Å². The van der Waals surface area contributed by atoms with Crippen LogP contribution in [-0.4, -0.2) is 48.8 Å². The van der Waals surface area contributed by atoms with E-state index in [1.165, 1.54) is 57.5 Å². The number of carbonyl (C=O) groups excluding carboxylic acids is 2. The van der Waals surface area contributed by atoms with Crippen molar-refractivity contribution in [3.63, 3.8) is 0 Å². The summed E-state index contributed by atoms with van der Waals surface area (Å²) in [6.45, 7) is 1.04. The number of nitrogens with zero attached hydrogens (tertiary/aromatic N) is 1. The van der Waals surface area contributed by atoms with Crippen molar-refractivity contribution in [3.8, 4) is 28.5 Å². The second-order valence-electron chi connectivity index (χ2n) is 8.61. The number of pyridine rings is 1. The van der Waals surface area contributed by atoms with Crippen LogP contribution in [0.25, 0.3) is 11.3 Å². The van der Waals surface area contributed by atoms with E-state index in [0.717, 1.165) is 12.1 Å². The van der Waals surface area contributed by atoms with Gasteiger partial charge in [-0.15, -0.1) is 0 Å². The number of halogens is 4. The lowest BCUT2D eigenvalue weighted by atomic mass is 9.89. The lowest BCUT2D eigenvalue weighted by Crippen LogP contribution is -2.43. The largest absolute Gasteiger partial charge is 0.494 e. The highest BCUT2D eigenvalue weighted by Gasteiger charge is 2.56. The summed E-state index contributed by atoms with van der Waals surface area (Å²) in [7, 11) is 2.57. The summed E-state index contributed by atoms with van der Waals surface area (Å²) in [5.74, 6) is -1.71. The Morgan fingerprint density at radius 2 is 1.64 bits per heavy atom. The Balaban J connectivity index is 1.93. The third-order valence-corrected chi connectivity index (χ3v) is 5.97. The molecule has 1 heterocycles. The van der Waals surface area contributed by atoms with Crippen molar-refractivity contribution in [2.45, 2.75) is 31.5 Å². The van der Waals surface area contributed by atoms with Gasteiger partial charge in [0.05, 0.1) is 19.9 Å². The van der Waals surface area contributed by atoms with E-state index in [2.05, 4.69) is 4.98 Å². The Labute approximate surface area is 221 Å². The Hall–Kier alpha value is -4.19. The Morgan fingerprint density at radius 1 is 0.974 bits per heavy atom. The molecule has 1 aromatic heterocycles. The Morgan fingerprint density at radius 3 is 2.23 bits per heavy atom. The van der Waals surface area contributed by atoms with Gasteiger partial charge in [0.1, 0.15) is 17.3 Å². The summed E-state index contributed by atoms with van der Waals surface area (Å²) in [6.07, 6.45) is -6.95. The molecule has 208 valence electrons. The number of aromatic nitrogens is 1. The second kappa shape index (κ2) is 11.7. The van der Waals surface area contributed by atoms with E-state index < -0.39 is 54.4 Å². The summed E-state index contributed by atoms with van der Waals surface area (Å²) < 4.78 is 72.0. The van der Waals surface area contributed by atoms with E-state index in [1.54, 1.807) is 0 Å². The maximum absolute atomic E-state index is 14.2. The summed E-state index contributed by atoms with van der Waals surface area (Å²) >= 11 is 0. The molecule has 0 spiro atoms. The van der Waals surface area contributed by atoms with Crippen LogP contribution in [0.5, 0.6) is 17.2 Å². The van der Waals surface area contributed by atoms with Gasteiger partial charge in [0, 0.05) is 17.5 Å². The van der Waals surface area contributed by atoms with Crippen LogP contribution >= 0.6 is 0 Å². The van der Waals surface area contributed by atoms with Crippen molar-refractivity contribution in [2.24, 2.45) is 5.73 Å². The number of ether oxygens (including phenoxy) is 3. The molecule has 1 atom stereocenters. The quantitative estimate of drug-likeness (QED) is 0.267. The Bertz CT molecular complexity index is 1380. The monoisotopic (exact) mass is 550 g/mol. The molecular formula is C27H26F4N2O6. The molecule has 8 nitrogen and oxygen atoms in total. The molecule has 3 aromatic rings. The molecule has 0 saturated heterocycles. The van der Waals surface area contributed by atoms with Crippen LogP contribution in [0.1, 0.15) is 34.5 Å². The van der Waals surface area contributed by atoms with Crippen LogP contribution in [0.4, 0.5) is 17.6 Å². The summed E-state index contributed by atoms with van der Waals surface area (Å²) in [5.41, 5.74) is 1.26. The highest BCUT2D eigenvalue weighted by molar-refractivity contribution is 5.96. The number of aryl methyl sites for hydroxylation is 1. The number of benzene rings is 2. The molecule has 0 saturated carbocycles. The maximum Gasteiger partial charge on any atom is 0.422 e. The number of methoxy groups -OCH3 is 2. The first-order valence-electron chi connectivity index (χ1n) is 11.5. The minimum Gasteiger partial charge on any atom is -0.494 e. The van der Waals surface area contributed by atoms with Crippen LogP contribution < -0.4 is 19.9 Å². The molecule has 0 bridgehead atoms. The number of aliphatic hydroxyl groups is 1. The van der Waals surface area contributed by atoms with Gasteiger partial charge in [0.25, 0.3) is 5.91 Å². The Kier molecular flexibility index (Phi) is 8.80. The number of alkyl halides is 3. The number of amides is 1. The fraction of sp³-hybridized carbons (Fsp3) is 0.296. The van der Waals surface area contributed by atoms with E-state index in [1.807, 2.05) is 0 Å². The van der Waals surface area contributed by atoms with Crippen molar-refractivity contribution >= 4 is 11.7 Å². The van der Waals surface area contributed by atoms with Crippen LogP contribution in [0.2, 0.25) is 0 Å². The second-order valence-corrected chi connectivity index (χ2v) is 8.61. The number of hydrogen-bond acceptors (Lipinski definition) is 7. The van der Waals surface area contributed by atoms with Crippen LogP contribution in [0.3, 0.4) is 0 Å². The first kappa shape index (κ1) is 29.4. The normalized spacial score (nSPS) is 12.9. The average molecular weight is 551 g/mol. The van der Waals surface area contributed by atoms with Crippen molar-refractivity contribution in [2.75, 3.05) is 20.8 Å². The van der Waals surface area contributed by atoms with Crippen LogP contribution in [0, 0.1) is 12.7 Å². The fourth-order valence-electron chi connectivity index (χ4n) is 3.80. The predicted molar refractivity (Wildman–Crippen MR) is 132 cm³/mol. The molecule has 1 amide bonds. The van der Waals surface area contributed by atoms with E-state index in [0.29, 0.717) is 0 Å².